The van der Waals surface area contributed by atoms with Gasteiger partial charge in [-0.3, -0.25) is 19.2 Å². The van der Waals surface area contributed by atoms with E-state index in [2.05, 4.69) is 5.32 Å². The van der Waals surface area contributed by atoms with Crippen LogP contribution >= 0.6 is 0 Å². The van der Waals surface area contributed by atoms with E-state index in [1.54, 1.807) is 48.5 Å². The molecule has 1 N–H and O–H groups in total. The minimum absolute atomic E-state index is 0.0130. The van der Waals surface area contributed by atoms with E-state index in [4.69, 9.17) is 9.47 Å². The van der Waals surface area contributed by atoms with Crippen molar-refractivity contribution < 1.29 is 28.7 Å². The fourth-order valence-electron chi connectivity index (χ4n) is 2.47. The van der Waals surface area contributed by atoms with Crippen LogP contribution in [0.15, 0.2) is 48.5 Å². The Balaban J connectivity index is 1.72. The number of ketones is 2. The molecule has 0 aliphatic carbocycles. The molecule has 0 aliphatic heterocycles. The van der Waals surface area contributed by atoms with Crippen molar-refractivity contribution in [3.05, 3.63) is 59.7 Å². The Hall–Kier alpha value is -3.48. The van der Waals surface area contributed by atoms with Gasteiger partial charge in [-0.05, 0) is 62.4 Å². The lowest BCUT2D eigenvalue weighted by Crippen LogP contribution is -2.21. The molecule has 0 unspecified atom stereocenters. The van der Waals surface area contributed by atoms with Gasteiger partial charge in [0.1, 0.15) is 5.75 Å². The highest BCUT2D eigenvalue weighted by Crippen LogP contribution is 2.14. The molecule has 0 saturated heterocycles. The van der Waals surface area contributed by atoms with Gasteiger partial charge >= 0.3 is 5.97 Å². The summed E-state index contributed by atoms with van der Waals surface area (Å²) in [6.07, 6.45) is -0.131. The number of amides is 1. The monoisotopic (exact) mass is 397 g/mol. The summed E-state index contributed by atoms with van der Waals surface area (Å²) < 4.78 is 10.2. The number of rotatable bonds is 10. The van der Waals surface area contributed by atoms with Gasteiger partial charge in [-0.25, -0.2) is 0 Å². The molecule has 7 heteroatoms. The second kappa shape index (κ2) is 10.8. The van der Waals surface area contributed by atoms with E-state index in [0.29, 0.717) is 29.2 Å². The van der Waals surface area contributed by atoms with Crippen LogP contribution in [-0.4, -0.2) is 36.7 Å². The third-order valence-electron chi connectivity index (χ3n) is 3.98. The molecule has 2 aromatic rings. The van der Waals surface area contributed by atoms with Gasteiger partial charge in [0.2, 0.25) is 0 Å². The van der Waals surface area contributed by atoms with Gasteiger partial charge in [-0.2, -0.15) is 0 Å². The number of carbonyl (C=O) groups excluding carboxylic acids is 4. The van der Waals surface area contributed by atoms with Crippen LogP contribution in [0.25, 0.3) is 0 Å². The van der Waals surface area contributed by atoms with E-state index in [0.717, 1.165) is 0 Å². The van der Waals surface area contributed by atoms with Crippen molar-refractivity contribution in [2.24, 2.45) is 0 Å². The molecule has 0 aromatic heterocycles. The SMILES string of the molecule is CCOc1ccc(C(=O)CCC(=O)OCC(=O)Nc2ccc(C(C)=O)cc2)cc1. The van der Waals surface area contributed by atoms with Gasteiger partial charge in [-0.1, -0.05) is 0 Å². The second-order valence-corrected chi connectivity index (χ2v) is 6.22. The predicted molar refractivity (Wildman–Crippen MR) is 107 cm³/mol. The number of hydrogen-bond acceptors (Lipinski definition) is 6. The molecule has 2 aromatic carbocycles. The van der Waals surface area contributed by atoms with Gasteiger partial charge < -0.3 is 14.8 Å². The van der Waals surface area contributed by atoms with Gasteiger partial charge in [0.25, 0.3) is 5.91 Å². The van der Waals surface area contributed by atoms with Gasteiger partial charge in [0, 0.05) is 23.2 Å². The molecule has 1 amide bonds. The van der Waals surface area contributed by atoms with Crippen molar-refractivity contribution >= 4 is 29.1 Å². The smallest absolute Gasteiger partial charge is 0.306 e. The molecule has 0 spiro atoms. The first-order chi connectivity index (χ1) is 13.9. The Morgan fingerprint density at radius 1 is 0.862 bits per heavy atom. The quantitative estimate of drug-likeness (QED) is 0.487. The summed E-state index contributed by atoms with van der Waals surface area (Å²) in [5.74, 6) is -0.736. The normalized spacial score (nSPS) is 10.1. The highest BCUT2D eigenvalue weighted by molar-refractivity contribution is 5.98. The molecular weight excluding hydrogens is 374 g/mol. The van der Waals surface area contributed by atoms with Gasteiger partial charge in [0.05, 0.1) is 13.0 Å². The summed E-state index contributed by atoms with van der Waals surface area (Å²) >= 11 is 0. The van der Waals surface area contributed by atoms with E-state index in [1.807, 2.05) is 6.92 Å². The summed E-state index contributed by atoms with van der Waals surface area (Å²) in [6, 6.07) is 13.0. The number of Topliss-reactive ketones (excluding diaryl/α,β-unsaturated/α-hetero) is 2. The zero-order valence-corrected chi connectivity index (χ0v) is 16.4. The fraction of sp³-hybridized carbons (Fsp3) is 0.273. The summed E-state index contributed by atoms with van der Waals surface area (Å²) in [6.45, 7) is 3.41. The molecule has 0 bridgehead atoms. The Labute approximate surface area is 169 Å². The number of ether oxygens (including phenoxy) is 2. The maximum Gasteiger partial charge on any atom is 0.306 e. The van der Waals surface area contributed by atoms with E-state index in [9.17, 15) is 19.2 Å². The largest absolute Gasteiger partial charge is 0.494 e. The van der Waals surface area contributed by atoms with E-state index < -0.39 is 18.5 Å². The van der Waals surface area contributed by atoms with Crippen molar-refractivity contribution in [3.8, 4) is 5.75 Å². The summed E-state index contributed by atoms with van der Waals surface area (Å²) in [5, 5.41) is 2.56. The molecule has 2 rings (SSSR count). The molecule has 29 heavy (non-hydrogen) atoms. The minimum atomic E-state index is -0.633. The number of nitrogens with one attached hydrogen (secondary N) is 1. The summed E-state index contributed by atoms with van der Waals surface area (Å²) in [7, 11) is 0. The Kier molecular flexibility index (Phi) is 8.09. The minimum Gasteiger partial charge on any atom is -0.494 e. The predicted octanol–water partition coefficient (Wildman–Crippen LogP) is 3.43. The van der Waals surface area contributed by atoms with Crippen molar-refractivity contribution in [2.45, 2.75) is 26.7 Å². The van der Waals surface area contributed by atoms with Crippen LogP contribution in [0.1, 0.15) is 47.4 Å². The zero-order valence-electron chi connectivity index (χ0n) is 16.4. The summed E-state index contributed by atoms with van der Waals surface area (Å²) in [5.41, 5.74) is 1.50. The lowest BCUT2D eigenvalue weighted by atomic mass is 10.1. The Morgan fingerprint density at radius 3 is 2.07 bits per heavy atom. The van der Waals surface area contributed by atoms with Crippen LogP contribution in [0.5, 0.6) is 5.75 Å². The van der Waals surface area contributed by atoms with Crippen molar-refractivity contribution in [2.75, 3.05) is 18.5 Å². The maximum absolute atomic E-state index is 12.1. The summed E-state index contributed by atoms with van der Waals surface area (Å²) in [4.78, 5) is 47.0. The first-order valence-corrected chi connectivity index (χ1v) is 9.21. The third kappa shape index (κ3) is 7.21. The van der Waals surface area contributed by atoms with Crippen LogP contribution in [0, 0.1) is 0 Å². The molecule has 0 aliphatic rings. The topological polar surface area (TPSA) is 98.8 Å². The molecule has 0 atom stereocenters. The number of esters is 1. The van der Waals surface area contributed by atoms with E-state index >= 15 is 0 Å². The van der Waals surface area contributed by atoms with Crippen LogP contribution < -0.4 is 10.1 Å². The lowest BCUT2D eigenvalue weighted by Gasteiger charge is -2.07. The zero-order chi connectivity index (χ0) is 21.2. The average Bonchev–Trinajstić information content (AvgIpc) is 2.71. The first-order valence-electron chi connectivity index (χ1n) is 9.21. The number of hydrogen-bond donors (Lipinski definition) is 1. The fourth-order valence-corrected chi connectivity index (χ4v) is 2.47. The van der Waals surface area contributed by atoms with Crippen molar-refractivity contribution in [1.82, 2.24) is 0 Å². The first kappa shape index (κ1) is 21.8. The molecule has 0 saturated carbocycles. The van der Waals surface area contributed by atoms with Crippen LogP contribution in [0.2, 0.25) is 0 Å². The molecule has 0 radical (unpaired) electrons. The van der Waals surface area contributed by atoms with Crippen LogP contribution in [0.4, 0.5) is 5.69 Å². The standard InChI is InChI=1S/C22H23NO6/c1-3-28-19-10-6-17(7-11-19)20(25)12-13-22(27)29-14-21(26)23-18-8-4-16(5-9-18)15(2)24/h4-11H,3,12-14H2,1-2H3,(H,23,26). The number of benzene rings is 2. The highest BCUT2D eigenvalue weighted by atomic mass is 16.5. The maximum atomic E-state index is 12.1. The van der Waals surface area contributed by atoms with Gasteiger partial charge in [-0.15, -0.1) is 0 Å². The van der Waals surface area contributed by atoms with Crippen molar-refractivity contribution in [1.29, 1.82) is 0 Å². The Morgan fingerprint density at radius 2 is 1.48 bits per heavy atom. The van der Waals surface area contributed by atoms with Crippen LogP contribution in [-0.2, 0) is 14.3 Å². The van der Waals surface area contributed by atoms with Crippen LogP contribution in [0.3, 0.4) is 0 Å². The highest BCUT2D eigenvalue weighted by Gasteiger charge is 2.12. The second-order valence-electron chi connectivity index (χ2n) is 6.22. The van der Waals surface area contributed by atoms with E-state index in [1.165, 1.54) is 6.92 Å². The van der Waals surface area contributed by atoms with E-state index in [-0.39, 0.29) is 24.4 Å². The van der Waals surface area contributed by atoms with Crippen molar-refractivity contribution in [3.63, 3.8) is 0 Å². The molecule has 7 nitrogen and oxygen atoms in total. The lowest BCUT2D eigenvalue weighted by molar-refractivity contribution is -0.147. The van der Waals surface area contributed by atoms with Gasteiger partial charge in [0.15, 0.2) is 18.2 Å². The average molecular weight is 397 g/mol. The number of anilines is 1. The molecular formula is C22H23NO6. The number of carbonyl (C=O) groups is 4. The molecule has 152 valence electrons. The molecule has 0 heterocycles. The Bertz CT molecular complexity index is 871. The third-order valence-corrected chi connectivity index (χ3v) is 3.98. The molecule has 0 fully saturated rings.